The van der Waals surface area contributed by atoms with Gasteiger partial charge in [0.2, 0.25) is 5.91 Å². The molecule has 0 heterocycles. The van der Waals surface area contributed by atoms with Gasteiger partial charge in [0, 0.05) is 19.2 Å². The van der Waals surface area contributed by atoms with Crippen molar-refractivity contribution in [1.82, 2.24) is 5.32 Å². The Hall–Kier alpha value is -1.40. The van der Waals surface area contributed by atoms with Crippen LogP contribution >= 0.6 is 7.37 Å². The smallest absolute Gasteiger partial charge is 0.328 e. The lowest BCUT2D eigenvalue weighted by molar-refractivity contribution is -0.147. The maximum Gasteiger partial charge on any atom is 0.328 e. The molecule has 0 aliphatic heterocycles. The van der Waals surface area contributed by atoms with E-state index in [9.17, 15) is 18.9 Å². The summed E-state index contributed by atoms with van der Waals surface area (Å²) in [7, 11) is -2.83. The van der Waals surface area contributed by atoms with Gasteiger partial charge in [-0.05, 0) is 20.3 Å². The van der Waals surface area contributed by atoms with Crippen molar-refractivity contribution in [2.75, 3.05) is 26.0 Å². The summed E-state index contributed by atoms with van der Waals surface area (Å²) in [5, 5.41) is 11.0. The molecule has 0 aliphatic carbocycles. The first kappa shape index (κ1) is 20.6. The number of hydrogen-bond acceptors (Lipinski definition) is 6. The highest BCUT2D eigenvalue weighted by molar-refractivity contribution is 7.58. The number of hydrogen-bond donors (Lipinski definition) is 2. The van der Waals surface area contributed by atoms with Gasteiger partial charge >= 0.3 is 11.9 Å². The van der Waals surface area contributed by atoms with Crippen LogP contribution in [-0.2, 0) is 28.2 Å². The molecule has 2 N–H and O–H groups in total. The van der Waals surface area contributed by atoms with Gasteiger partial charge in [-0.25, -0.2) is 4.79 Å². The average molecular weight is 337 g/mol. The summed E-state index contributed by atoms with van der Waals surface area (Å²) in [6.07, 6.45) is -0.345. The zero-order valence-corrected chi connectivity index (χ0v) is 14.1. The molecule has 9 heteroatoms. The van der Waals surface area contributed by atoms with E-state index >= 15 is 0 Å². The van der Waals surface area contributed by atoms with Gasteiger partial charge < -0.3 is 19.7 Å². The number of carboxylic acid groups (broad SMARTS) is 1. The molecular formula is C13H24NO7P. The van der Waals surface area contributed by atoms with Gasteiger partial charge in [0.1, 0.15) is 6.04 Å². The molecule has 0 aromatic rings. The first-order valence-electron chi connectivity index (χ1n) is 7.10. The molecule has 0 saturated carbocycles. The molecule has 0 fully saturated rings. The Balaban J connectivity index is 4.62. The molecule has 22 heavy (non-hydrogen) atoms. The van der Waals surface area contributed by atoms with Crippen molar-refractivity contribution in [3.8, 4) is 0 Å². The molecule has 0 saturated heterocycles. The minimum absolute atomic E-state index is 0.103. The Bertz CT molecular complexity index is 438. The summed E-state index contributed by atoms with van der Waals surface area (Å²) in [4.78, 5) is 33.9. The van der Waals surface area contributed by atoms with E-state index in [-0.39, 0.29) is 32.0 Å². The fourth-order valence-electron chi connectivity index (χ4n) is 1.68. The summed E-state index contributed by atoms with van der Waals surface area (Å²) in [5.41, 5.74) is 0. The normalized spacial score (nSPS) is 14.7. The van der Waals surface area contributed by atoms with Crippen molar-refractivity contribution in [1.29, 1.82) is 0 Å². The third-order valence-electron chi connectivity index (χ3n) is 2.70. The van der Waals surface area contributed by atoms with Crippen LogP contribution in [0.3, 0.4) is 0 Å². The number of amides is 1. The molecule has 0 aromatic carbocycles. The quantitative estimate of drug-likeness (QED) is 0.430. The molecule has 0 aliphatic rings. The summed E-state index contributed by atoms with van der Waals surface area (Å²) < 4.78 is 22.0. The van der Waals surface area contributed by atoms with Crippen LogP contribution in [0.1, 0.15) is 33.1 Å². The third kappa shape index (κ3) is 9.52. The number of nitrogens with one attached hydrogen (secondary N) is 1. The van der Waals surface area contributed by atoms with Crippen molar-refractivity contribution < 1.29 is 33.3 Å². The predicted molar refractivity (Wildman–Crippen MR) is 80.1 cm³/mol. The van der Waals surface area contributed by atoms with Gasteiger partial charge in [-0.2, -0.15) is 0 Å². The third-order valence-corrected chi connectivity index (χ3v) is 4.57. The minimum Gasteiger partial charge on any atom is -0.481 e. The topological polar surface area (TPSA) is 119 Å². The predicted octanol–water partition coefficient (Wildman–Crippen LogP) is 1.23. The Morgan fingerprint density at radius 1 is 1.18 bits per heavy atom. The van der Waals surface area contributed by atoms with Crippen LogP contribution in [0.4, 0.5) is 0 Å². The fourth-order valence-corrected chi connectivity index (χ4v) is 3.08. The number of carbonyl (C=O) groups is 3. The van der Waals surface area contributed by atoms with Crippen molar-refractivity contribution in [2.45, 2.75) is 39.2 Å². The minimum atomic E-state index is -2.83. The molecule has 1 unspecified atom stereocenters. The van der Waals surface area contributed by atoms with Crippen molar-refractivity contribution in [3.63, 3.8) is 0 Å². The van der Waals surface area contributed by atoms with E-state index in [0.717, 1.165) is 0 Å². The zero-order chi connectivity index (χ0) is 17.2. The van der Waals surface area contributed by atoms with Gasteiger partial charge in [-0.15, -0.1) is 0 Å². The average Bonchev–Trinajstić information content (AvgIpc) is 2.41. The molecule has 0 aromatic heterocycles. The highest BCUT2D eigenvalue weighted by atomic mass is 31.2. The Morgan fingerprint density at radius 3 is 2.32 bits per heavy atom. The maximum absolute atomic E-state index is 12.0. The van der Waals surface area contributed by atoms with Crippen LogP contribution in [0, 0.1) is 0 Å². The lowest BCUT2D eigenvalue weighted by atomic mass is 10.2. The molecule has 0 spiro atoms. The Kier molecular flexibility index (Phi) is 9.69. The summed E-state index contributed by atoms with van der Waals surface area (Å²) in [5.74, 6) is -2.30. The number of rotatable bonds is 11. The first-order chi connectivity index (χ1) is 10.2. The molecule has 0 rings (SSSR count). The van der Waals surface area contributed by atoms with Gasteiger partial charge in [0.25, 0.3) is 0 Å². The van der Waals surface area contributed by atoms with E-state index in [4.69, 9.17) is 14.4 Å². The molecule has 1 amide bonds. The Labute approximate surface area is 130 Å². The molecule has 0 radical (unpaired) electrons. The van der Waals surface area contributed by atoms with Crippen LogP contribution in [0.2, 0.25) is 0 Å². The lowest BCUT2D eigenvalue weighted by Crippen LogP contribution is -2.42. The van der Waals surface area contributed by atoms with E-state index in [2.05, 4.69) is 5.32 Å². The molecule has 128 valence electrons. The second kappa shape index (κ2) is 10.3. The van der Waals surface area contributed by atoms with Crippen molar-refractivity contribution in [3.05, 3.63) is 0 Å². The van der Waals surface area contributed by atoms with Crippen LogP contribution in [0.15, 0.2) is 0 Å². The van der Waals surface area contributed by atoms with Crippen LogP contribution < -0.4 is 5.32 Å². The van der Waals surface area contributed by atoms with Crippen molar-refractivity contribution in [2.24, 2.45) is 0 Å². The Morgan fingerprint density at radius 2 is 1.82 bits per heavy atom. The maximum atomic E-state index is 12.0. The van der Waals surface area contributed by atoms with Crippen LogP contribution in [0.25, 0.3) is 0 Å². The highest BCUT2D eigenvalue weighted by Crippen LogP contribution is 2.43. The van der Waals surface area contributed by atoms with Crippen LogP contribution in [0.5, 0.6) is 0 Å². The van der Waals surface area contributed by atoms with E-state index in [1.54, 1.807) is 13.8 Å². The van der Waals surface area contributed by atoms with Gasteiger partial charge in [0.05, 0.1) is 19.6 Å². The number of esters is 1. The van der Waals surface area contributed by atoms with Crippen LogP contribution in [-0.4, -0.2) is 55.0 Å². The first-order valence-corrected chi connectivity index (χ1v) is 9.36. The van der Waals surface area contributed by atoms with E-state index in [0.29, 0.717) is 6.61 Å². The second-order valence-corrected chi connectivity index (χ2v) is 7.44. The summed E-state index contributed by atoms with van der Waals surface area (Å²) in [6.45, 7) is 5.25. The number of carboxylic acids is 1. The number of ether oxygens (including phenoxy) is 1. The molecule has 2 atom stereocenters. The van der Waals surface area contributed by atoms with Gasteiger partial charge in [-0.1, -0.05) is 0 Å². The van der Waals surface area contributed by atoms with E-state index < -0.39 is 31.3 Å². The van der Waals surface area contributed by atoms with Gasteiger partial charge in [0.15, 0.2) is 7.37 Å². The SMILES string of the molecule is CCOC(=O)[C@H](CCP(C)(=O)OCC)NC(=O)CCC(=O)O. The second-order valence-electron chi connectivity index (χ2n) is 4.71. The van der Waals surface area contributed by atoms with Gasteiger partial charge in [-0.3, -0.25) is 14.2 Å². The summed E-state index contributed by atoms with van der Waals surface area (Å²) >= 11 is 0. The zero-order valence-electron chi connectivity index (χ0n) is 13.2. The molecule has 0 bridgehead atoms. The molecular weight excluding hydrogens is 313 g/mol. The van der Waals surface area contributed by atoms with Crippen molar-refractivity contribution >= 4 is 25.2 Å². The monoisotopic (exact) mass is 337 g/mol. The largest absolute Gasteiger partial charge is 0.481 e. The van der Waals surface area contributed by atoms with E-state index in [1.165, 1.54) is 6.66 Å². The molecule has 8 nitrogen and oxygen atoms in total. The fraction of sp³-hybridized carbons (Fsp3) is 0.769. The summed E-state index contributed by atoms with van der Waals surface area (Å²) in [6, 6.07) is -0.963. The number of aliphatic carboxylic acids is 1. The lowest BCUT2D eigenvalue weighted by Gasteiger charge is -2.19. The number of carbonyl (C=O) groups excluding carboxylic acids is 2. The van der Waals surface area contributed by atoms with E-state index in [1.807, 2.05) is 0 Å². The highest BCUT2D eigenvalue weighted by Gasteiger charge is 2.26. The standard InChI is InChI=1S/C13H24NO7P/c1-4-20-13(18)10(8-9-22(3,19)21-5-2)14-11(15)6-7-12(16)17/h10H,4-9H2,1-3H3,(H,14,15)(H,16,17)/t10-,22?/m0/s1.